The molecule has 3 fully saturated rings. The van der Waals surface area contributed by atoms with E-state index in [1.165, 1.54) is 5.69 Å². The summed E-state index contributed by atoms with van der Waals surface area (Å²) in [6.45, 7) is 7.71. The average Bonchev–Trinajstić information content (AvgIpc) is 3.42. The van der Waals surface area contributed by atoms with E-state index >= 15 is 0 Å². The van der Waals surface area contributed by atoms with Crippen LogP contribution in [0.2, 0.25) is 0 Å². The number of nitriles is 1. The van der Waals surface area contributed by atoms with Crippen LogP contribution < -0.4 is 20.3 Å². The van der Waals surface area contributed by atoms with Crippen LogP contribution >= 0.6 is 0 Å². The number of hydrogen-bond acceptors (Lipinski definition) is 9. The van der Waals surface area contributed by atoms with Gasteiger partial charge in [0, 0.05) is 55.9 Å². The summed E-state index contributed by atoms with van der Waals surface area (Å²) in [5, 5.41) is 16.3. The van der Waals surface area contributed by atoms with Gasteiger partial charge in [-0.2, -0.15) is 5.26 Å². The van der Waals surface area contributed by atoms with Gasteiger partial charge in [0.2, 0.25) is 5.95 Å². The Bertz CT molecular complexity index is 1260. The number of nitrogens with one attached hydrogen (secondary N) is 2. The highest BCUT2D eigenvalue weighted by atomic mass is 16.5. The number of piperazine rings is 1. The maximum absolute atomic E-state index is 9.68. The van der Waals surface area contributed by atoms with Crippen molar-refractivity contribution in [3.63, 3.8) is 0 Å². The van der Waals surface area contributed by atoms with Gasteiger partial charge in [0.05, 0.1) is 30.5 Å². The van der Waals surface area contributed by atoms with Gasteiger partial charge in [-0.3, -0.25) is 4.90 Å². The van der Waals surface area contributed by atoms with Gasteiger partial charge in [-0.1, -0.05) is 0 Å². The number of anilines is 3. The highest BCUT2D eigenvalue weighted by Gasteiger charge is 2.28. The van der Waals surface area contributed by atoms with Crippen LogP contribution in [0.25, 0.3) is 11.3 Å². The van der Waals surface area contributed by atoms with E-state index < -0.39 is 0 Å². The maximum atomic E-state index is 9.68. The molecule has 9 nitrogen and oxygen atoms in total. The number of ether oxygens (including phenoxy) is 2. The van der Waals surface area contributed by atoms with Gasteiger partial charge in [-0.25, -0.2) is 9.97 Å². The van der Waals surface area contributed by atoms with E-state index in [1.807, 2.05) is 24.3 Å². The zero-order chi connectivity index (χ0) is 25.0. The van der Waals surface area contributed by atoms with Crippen molar-refractivity contribution < 1.29 is 9.47 Å². The maximum Gasteiger partial charge on any atom is 0.227 e. The lowest BCUT2D eigenvalue weighted by molar-refractivity contribution is -0.0660. The first-order chi connectivity index (χ1) is 18.2. The summed E-state index contributed by atoms with van der Waals surface area (Å²) in [5.74, 6) is 1.13. The molecule has 1 aromatic heterocycles. The summed E-state index contributed by atoms with van der Waals surface area (Å²) in [5.41, 5.74) is 4.26. The number of aromatic nitrogens is 2. The smallest absolute Gasteiger partial charge is 0.227 e. The lowest BCUT2D eigenvalue weighted by atomic mass is 10.1. The van der Waals surface area contributed by atoms with Gasteiger partial charge in [-0.05, 0) is 61.5 Å². The second kappa shape index (κ2) is 10.7. The molecule has 3 aromatic rings. The molecule has 0 radical (unpaired) electrons. The third-order valence-electron chi connectivity index (χ3n) is 7.30. The zero-order valence-corrected chi connectivity index (χ0v) is 20.8. The predicted octanol–water partition coefficient (Wildman–Crippen LogP) is 3.02. The quantitative estimate of drug-likeness (QED) is 0.510. The molecular formula is C28H31N7O2. The SMILES string of the molecule is N#Cc1cc(-c2ccnc(Nc3ccc(N4CCN(C5COC5)CC4)cc3)n2)ccc1OC1CCNC1. The first-order valence-electron chi connectivity index (χ1n) is 12.9. The number of nitrogens with zero attached hydrogens (tertiary/aromatic N) is 5. The van der Waals surface area contributed by atoms with E-state index in [9.17, 15) is 5.26 Å². The van der Waals surface area contributed by atoms with Gasteiger partial charge in [0.15, 0.2) is 0 Å². The van der Waals surface area contributed by atoms with Crippen LogP contribution in [0.1, 0.15) is 12.0 Å². The summed E-state index contributed by atoms with van der Waals surface area (Å²) in [6, 6.07) is 18.8. The normalized spacial score (nSPS) is 20.3. The summed E-state index contributed by atoms with van der Waals surface area (Å²) in [7, 11) is 0. The standard InChI is InChI=1S/C28H31N7O2/c29-16-21-15-20(1-6-27(21)37-25-7-9-30-17-25)26-8-10-31-28(33-26)32-22-2-4-23(5-3-22)34-11-13-35(14-12-34)24-18-36-19-24/h1-6,8,10,15,24-25,30H,7,9,11-14,17-19H2,(H,31,32,33). The molecule has 3 aliphatic rings. The highest BCUT2D eigenvalue weighted by molar-refractivity contribution is 5.66. The van der Waals surface area contributed by atoms with Gasteiger partial charge in [0.1, 0.15) is 17.9 Å². The zero-order valence-electron chi connectivity index (χ0n) is 20.8. The Morgan fingerprint density at radius 3 is 2.59 bits per heavy atom. The summed E-state index contributed by atoms with van der Waals surface area (Å²) >= 11 is 0. The molecule has 2 aromatic carbocycles. The van der Waals surface area contributed by atoms with Crippen LogP contribution in [0, 0.1) is 11.3 Å². The minimum absolute atomic E-state index is 0.103. The van der Waals surface area contributed by atoms with Crippen molar-refractivity contribution in [2.75, 3.05) is 62.7 Å². The first-order valence-corrected chi connectivity index (χ1v) is 12.9. The lowest BCUT2D eigenvalue weighted by Crippen LogP contribution is -2.56. The van der Waals surface area contributed by atoms with Crippen molar-refractivity contribution >= 4 is 17.3 Å². The van der Waals surface area contributed by atoms with E-state index in [-0.39, 0.29) is 6.10 Å². The molecule has 0 spiro atoms. The molecule has 3 aliphatic heterocycles. The molecule has 37 heavy (non-hydrogen) atoms. The molecule has 0 aliphatic carbocycles. The second-order valence-electron chi connectivity index (χ2n) is 9.71. The summed E-state index contributed by atoms with van der Waals surface area (Å²) < 4.78 is 11.4. The molecule has 6 rings (SSSR count). The summed E-state index contributed by atoms with van der Waals surface area (Å²) in [6.07, 6.45) is 2.78. The van der Waals surface area contributed by atoms with Gasteiger partial charge in [0.25, 0.3) is 0 Å². The van der Waals surface area contributed by atoms with E-state index in [1.54, 1.807) is 6.20 Å². The largest absolute Gasteiger partial charge is 0.488 e. The van der Waals surface area contributed by atoms with Crippen LogP contribution in [0.3, 0.4) is 0 Å². The Morgan fingerprint density at radius 2 is 1.89 bits per heavy atom. The summed E-state index contributed by atoms with van der Waals surface area (Å²) in [4.78, 5) is 14.0. The van der Waals surface area contributed by atoms with Crippen molar-refractivity contribution in [3.05, 3.63) is 60.3 Å². The molecule has 0 saturated carbocycles. The van der Waals surface area contributed by atoms with Gasteiger partial charge in [-0.15, -0.1) is 0 Å². The van der Waals surface area contributed by atoms with Crippen molar-refractivity contribution in [3.8, 4) is 23.1 Å². The molecule has 1 atom stereocenters. The van der Waals surface area contributed by atoms with Crippen molar-refractivity contribution in [2.24, 2.45) is 0 Å². The molecule has 9 heteroatoms. The Balaban J connectivity index is 1.10. The fourth-order valence-corrected chi connectivity index (χ4v) is 5.03. The molecular weight excluding hydrogens is 466 g/mol. The molecule has 2 N–H and O–H groups in total. The number of rotatable bonds is 7. The van der Waals surface area contributed by atoms with E-state index in [2.05, 4.69) is 60.7 Å². The predicted molar refractivity (Wildman–Crippen MR) is 142 cm³/mol. The van der Waals surface area contributed by atoms with Crippen LogP contribution in [-0.4, -0.2) is 79.5 Å². The molecule has 4 heterocycles. The Kier molecular flexibility index (Phi) is 6.86. The fourth-order valence-electron chi connectivity index (χ4n) is 5.03. The number of benzene rings is 2. The average molecular weight is 498 g/mol. The van der Waals surface area contributed by atoms with E-state index in [0.29, 0.717) is 23.3 Å². The van der Waals surface area contributed by atoms with Crippen molar-refractivity contribution in [2.45, 2.75) is 18.6 Å². The minimum Gasteiger partial charge on any atom is -0.488 e. The fraction of sp³-hybridized carbons (Fsp3) is 0.393. The molecule has 1 unspecified atom stereocenters. The van der Waals surface area contributed by atoms with Crippen molar-refractivity contribution in [1.82, 2.24) is 20.2 Å². The van der Waals surface area contributed by atoms with Gasteiger partial charge >= 0.3 is 0 Å². The first kappa shape index (κ1) is 23.7. The lowest BCUT2D eigenvalue weighted by Gasteiger charge is -2.43. The Hall–Kier alpha value is -3.71. The Labute approximate surface area is 217 Å². The third kappa shape index (κ3) is 5.37. The minimum atomic E-state index is 0.103. The van der Waals surface area contributed by atoms with Crippen molar-refractivity contribution in [1.29, 1.82) is 5.26 Å². The van der Waals surface area contributed by atoms with E-state index in [4.69, 9.17) is 9.47 Å². The molecule has 3 saturated heterocycles. The monoisotopic (exact) mass is 497 g/mol. The third-order valence-corrected chi connectivity index (χ3v) is 7.30. The molecule has 190 valence electrons. The van der Waals surface area contributed by atoms with Crippen LogP contribution in [0.5, 0.6) is 5.75 Å². The topological polar surface area (TPSA) is 98.6 Å². The molecule has 0 bridgehead atoms. The molecule has 0 amide bonds. The van der Waals surface area contributed by atoms with Crippen LogP contribution in [0.15, 0.2) is 54.7 Å². The second-order valence-corrected chi connectivity index (χ2v) is 9.71. The number of hydrogen-bond donors (Lipinski definition) is 2. The Morgan fingerprint density at radius 1 is 1.05 bits per heavy atom. The van der Waals surface area contributed by atoms with E-state index in [0.717, 1.165) is 75.8 Å². The highest BCUT2D eigenvalue weighted by Crippen LogP contribution is 2.28. The van der Waals surface area contributed by atoms with Gasteiger partial charge < -0.3 is 25.0 Å². The van der Waals surface area contributed by atoms with Crippen LogP contribution in [-0.2, 0) is 4.74 Å². The van der Waals surface area contributed by atoms with Crippen LogP contribution in [0.4, 0.5) is 17.3 Å².